The van der Waals surface area contributed by atoms with Crippen molar-refractivity contribution in [2.24, 2.45) is 5.92 Å². The smallest absolute Gasteiger partial charge is 0.274 e. The van der Waals surface area contributed by atoms with E-state index in [4.69, 9.17) is 16.3 Å². The second kappa shape index (κ2) is 13.2. The number of anilines is 1. The van der Waals surface area contributed by atoms with Crippen molar-refractivity contribution < 1.29 is 27.5 Å². The predicted molar refractivity (Wildman–Crippen MR) is 189 cm³/mol. The Bertz CT molecular complexity index is 1860. The number of thiazole rings is 1. The molecule has 14 heteroatoms. The van der Waals surface area contributed by atoms with Crippen molar-refractivity contribution in [3.63, 3.8) is 0 Å². The first kappa shape index (κ1) is 33.8. The number of sulfonamides is 1. The molecule has 5 atom stereocenters. The maximum absolute atomic E-state index is 14.4. The van der Waals surface area contributed by atoms with Crippen LogP contribution in [0.2, 0.25) is 5.02 Å². The first-order valence-corrected chi connectivity index (χ1v) is 19.5. The number of fused-ring (bicyclic) bond motifs is 3. The van der Waals surface area contributed by atoms with Crippen LogP contribution in [-0.4, -0.2) is 71.0 Å². The molecular weight excluding hydrogens is 686 g/mol. The van der Waals surface area contributed by atoms with Crippen molar-refractivity contribution in [2.45, 2.75) is 93.2 Å². The molecule has 2 aliphatic carbocycles. The first-order valence-electron chi connectivity index (χ1n) is 16.9. The highest BCUT2D eigenvalue weighted by atomic mass is 35.5. The van der Waals surface area contributed by atoms with E-state index >= 15 is 0 Å². The van der Waals surface area contributed by atoms with Crippen LogP contribution in [0.4, 0.5) is 5.69 Å². The zero-order valence-electron chi connectivity index (χ0n) is 27.2. The molecule has 0 spiro atoms. The number of carbonyl (C=O) groups excluding carboxylic acids is 3. The van der Waals surface area contributed by atoms with Gasteiger partial charge in [-0.25, -0.2) is 13.4 Å². The van der Waals surface area contributed by atoms with E-state index in [9.17, 15) is 22.8 Å². The van der Waals surface area contributed by atoms with Gasteiger partial charge in [0.05, 0.1) is 21.5 Å². The monoisotopic (exact) mass is 725 g/mol. The van der Waals surface area contributed by atoms with Crippen LogP contribution >= 0.6 is 22.9 Å². The lowest BCUT2D eigenvalue weighted by Crippen LogP contribution is -2.58. The van der Waals surface area contributed by atoms with Gasteiger partial charge in [0.1, 0.15) is 23.7 Å². The number of allylic oxidation sites excluding steroid dienone is 1. The van der Waals surface area contributed by atoms with E-state index in [1.165, 1.54) is 11.3 Å². The number of amides is 3. The summed E-state index contributed by atoms with van der Waals surface area (Å²) in [6.45, 7) is 1.75. The van der Waals surface area contributed by atoms with Crippen LogP contribution in [0.5, 0.6) is 5.19 Å². The number of halogens is 1. The van der Waals surface area contributed by atoms with Gasteiger partial charge in [-0.2, -0.15) is 0 Å². The molecule has 49 heavy (non-hydrogen) atoms. The summed E-state index contributed by atoms with van der Waals surface area (Å²) < 4.78 is 34.7. The largest absolute Gasteiger partial charge is 0.465 e. The molecular formula is C35H40ClN5O6S2. The van der Waals surface area contributed by atoms with Gasteiger partial charge in [0.25, 0.3) is 11.1 Å². The zero-order valence-corrected chi connectivity index (χ0v) is 29.6. The fourth-order valence-corrected chi connectivity index (χ4v) is 9.06. The molecule has 0 bridgehead atoms. The second-order valence-corrected chi connectivity index (χ2v) is 17.5. The molecule has 11 nitrogen and oxygen atoms in total. The number of aromatic nitrogens is 1. The molecule has 3 aromatic rings. The molecule has 0 radical (unpaired) electrons. The van der Waals surface area contributed by atoms with Gasteiger partial charge in [-0.05, 0) is 81.8 Å². The van der Waals surface area contributed by atoms with Crippen LogP contribution in [0.15, 0.2) is 60.7 Å². The summed E-state index contributed by atoms with van der Waals surface area (Å²) in [5.41, 5.74) is 0.0913. The third kappa shape index (κ3) is 7.02. The fourth-order valence-electron chi connectivity index (χ4n) is 6.74. The maximum atomic E-state index is 14.4. The average molecular weight is 726 g/mol. The van der Waals surface area contributed by atoms with Crippen LogP contribution in [0.25, 0.3) is 10.2 Å². The standard InChI is InChI=1S/C35H40ClN5O6S2/c1-34(17-18-34)49(45,46)40-32(44)35-20-22(35)9-5-3-2-4-6-11-27(37-24-15-13-23(36)14-16-24)31(43)41-21-25(19-28(41)30(42)39-35)47-33-38-26-10-7-8-12-29(26)48-33/h5,7-10,12-16,22,25,27-28,37H,2-4,6,11,17-21H2,1H3,(H,39,42)(H,40,44)/b9-5-/t22-,25-,27+,28+,35-/m1/s1. The lowest BCUT2D eigenvalue weighted by atomic mass is 10.0. The summed E-state index contributed by atoms with van der Waals surface area (Å²) in [5, 5.41) is 7.33. The Labute approximate surface area is 294 Å². The number of para-hydroxylation sites is 1. The van der Waals surface area contributed by atoms with E-state index in [1.807, 2.05) is 48.6 Å². The van der Waals surface area contributed by atoms with Crippen LogP contribution in [0.3, 0.4) is 0 Å². The molecule has 2 aromatic carbocycles. The quantitative estimate of drug-likeness (QED) is 0.283. The molecule has 2 saturated carbocycles. The van der Waals surface area contributed by atoms with Gasteiger partial charge < -0.3 is 20.3 Å². The topological polar surface area (TPSA) is 147 Å². The van der Waals surface area contributed by atoms with Crippen molar-refractivity contribution in [3.8, 4) is 5.19 Å². The molecule has 3 heterocycles. The molecule has 2 aliphatic heterocycles. The normalized spacial score (nSPS) is 29.1. The number of hydrogen-bond donors (Lipinski definition) is 3. The van der Waals surface area contributed by atoms with Gasteiger partial charge in [0.2, 0.25) is 21.8 Å². The van der Waals surface area contributed by atoms with E-state index in [2.05, 4.69) is 20.3 Å². The number of carbonyl (C=O) groups is 3. The third-order valence-electron chi connectivity index (χ3n) is 10.2. The molecule has 260 valence electrons. The van der Waals surface area contributed by atoms with E-state index in [0.29, 0.717) is 29.5 Å². The number of benzene rings is 2. The number of hydrogen-bond acceptors (Lipinski definition) is 9. The number of rotatable bonds is 7. The summed E-state index contributed by atoms with van der Waals surface area (Å²) in [4.78, 5) is 48.6. The Morgan fingerprint density at radius 1 is 1.10 bits per heavy atom. The van der Waals surface area contributed by atoms with E-state index < -0.39 is 50.3 Å². The highest BCUT2D eigenvalue weighted by Crippen LogP contribution is 2.47. The summed E-state index contributed by atoms with van der Waals surface area (Å²) in [7, 11) is -3.93. The highest BCUT2D eigenvalue weighted by Gasteiger charge is 2.63. The van der Waals surface area contributed by atoms with Gasteiger partial charge in [-0.3, -0.25) is 19.1 Å². The Balaban J connectivity index is 1.18. The van der Waals surface area contributed by atoms with Crippen molar-refractivity contribution in [2.75, 3.05) is 11.9 Å². The molecule has 3 amide bonds. The molecule has 4 aliphatic rings. The van der Waals surface area contributed by atoms with Gasteiger partial charge in [-0.1, -0.05) is 60.1 Å². The van der Waals surface area contributed by atoms with Crippen LogP contribution < -0.4 is 20.1 Å². The number of ether oxygens (including phenoxy) is 1. The Morgan fingerprint density at radius 3 is 2.63 bits per heavy atom. The zero-order chi connectivity index (χ0) is 34.4. The van der Waals surface area contributed by atoms with Crippen molar-refractivity contribution in [1.82, 2.24) is 19.9 Å². The minimum absolute atomic E-state index is 0.140. The van der Waals surface area contributed by atoms with E-state index in [-0.39, 0.29) is 31.2 Å². The summed E-state index contributed by atoms with van der Waals surface area (Å²) >= 11 is 7.51. The van der Waals surface area contributed by atoms with E-state index in [0.717, 1.165) is 41.6 Å². The number of nitrogens with zero attached hydrogens (tertiary/aromatic N) is 2. The van der Waals surface area contributed by atoms with Gasteiger partial charge in [0.15, 0.2) is 0 Å². The Kier molecular flexibility index (Phi) is 9.12. The van der Waals surface area contributed by atoms with Crippen LogP contribution in [-0.2, 0) is 24.4 Å². The minimum Gasteiger partial charge on any atom is -0.465 e. The summed E-state index contributed by atoms with van der Waals surface area (Å²) in [6, 6.07) is 13.2. The van der Waals surface area contributed by atoms with Crippen molar-refractivity contribution >= 4 is 66.6 Å². The molecule has 3 N–H and O–H groups in total. The van der Waals surface area contributed by atoms with Gasteiger partial charge >= 0.3 is 0 Å². The van der Waals surface area contributed by atoms with Crippen LogP contribution in [0, 0.1) is 5.92 Å². The minimum atomic E-state index is -3.93. The fraction of sp³-hybridized carbons (Fsp3) is 0.486. The molecule has 1 saturated heterocycles. The Hall–Kier alpha value is -3.68. The maximum Gasteiger partial charge on any atom is 0.274 e. The van der Waals surface area contributed by atoms with E-state index in [1.54, 1.807) is 24.0 Å². The van der Waals surface area contributed by atoms with Gasteiger partial charge in [0, 0.05) is 23.0 Å². The Morgan fingerprint density at radius 2 is 1.88 bits per heavy atom. The molecule has 1 aromatic heterocycles. The lowest BCUT2D eigenvalue weighted by molar-refractivity contribution is -0.140. The predicted octanol–water partition coefficient (Wildman–Crippen LogP) is 5.17. The van der Waals surface area contributed by atoms with Crippen LogP contribution in [0.1, 0.15) is 64.7 Å². The molecule has 0 unspecified atom stereocenters. The number of nitrogens with one attached hydrogen (secondary N) is 3. The van der Waals surface area contributed by atoms with Crippen molar-refractivity contribution in [1.29, 1.82) is 0 Å². The highest BCUT2D eigenvalue weighted by molar-refractivity contribution is 7.91. The average Bonchev–Trinajstić information content (AvgIpc) is 3.88. The third-order valence-corrected chi connectivity index (χ3v) is 13.5. The summed E-state index contributed by atoms with van der Waals surface area (Å²) in [5.74, 6) is -1.89. The molecule has 3 fully saturated rings. The SMILES string of the molecule is CC1(S(=O)(=O)NC(=O)[C@@]23C[C@H]2/C=C\CCCCC[C@H](Nc2ccc(Cl)cc2)C(=O)N2C[C@H](Oc4nc5ccccc5s4)C[C@H]2C(=O)N3)CC1. The summed E-state index contributed by atoms with van der Waals surface area (Å²) in [6.07, 6.45) is 8.62. The lowest BCUT2D eigenvalue weighted by Gasteiger charge is -2.30. The van der Waals surface area contributed by atoms with Gasteiger partial charge in [-0.15, -0.1) is 0 Å². The second-order valence-electron chi connectivity index (χ2n) is 13.9. The van der Waals surface area contributed by atoms with Crippen molar-refractivity contribution in [3.05, 3.63) is 65.7 Å². The molecule has 7 rings (SSSR count). The first-order chi connectivity index (χ1) is 23.5.